The highest BCUT2D eigenvalue weighted by Gasteiger charge is 2.15. The molecule has 3 aromatic rings. The minimum Gasteiger partial charge on any atom is -0.493 e. The molecule has 146 valence electrons. The molecule has 7 heteroatoms. The fourth-order valence-corrected chi connectivity index (χ4v) is 3.72. The van der Waals surface area contributed by atoms with Crippen molar-refractivity contribution in [3.8, 4) is 17.2 Å². The Kier molecular flexibility index (Phi) is 6.23. The van der Waals surface area contributed by atoms with Crippen molar-refractivity contribution in [2.75, 3.05) is 13.7 Å². The number of hydrogen-bond donors (Lipinski definition) is 0. The van der Waals surface area contributed by atoms with Crippen molar-refractivity contribution in [2.24, 2.45) is 12.0 Å². The summed E-state index contributed by atoms with van der Waals surface area (Å²) in [6.07, 6.45) is 1.68. The fraction of sp³-hybridized carbons (Fsp3) is 0.238. The van der Waals surface area contributed by atoms with Crippen LogP contribution in [0.15, 0.2) is 52.3 Å². The van der Waals surface area contributed by atoms with Crippen molar-refractivity contribution in [3.63, 3.8) is 0 Å². The predicted molar refractivity (Wildman–Crippen MR) is 120 cm³/mol. The summed E-state index contributed by atoms with van der Waals surface area (Å²) < 4.78 is 15.4. The zero-order valence-electron chi connectivity index (χ0n) is 16.3. The Balaban J connectivity index is 2.02. The smallest absolute Gasteiger partial charge is 0.297 e. The second-order valence-corrected chi connectivity index (χ2v) is 7.30. The van der Waals surface area contributed by atoms with Gasteiger partial charge in [0.15, 0.2) is 17.2 Å². The molecule has 0 atom stereocenters. The minimum atomic E-state index is -0.157. The van der Waals surface area contributed by atoms with Gasteiger partial charge in [-0.3, -0.25) is 9.48 Å². The molecule has 0 amide bonds. The molecule has 0 saturated carbocycles. The Morgan fingerprint density at radius 1 is 1.21 bits per heavy atom. The molecule has 1 heterocycles. The first-order valence-corrected chi connectivity index (χ1v) is 9.94. The summed E-state index contributed by atoms with van der Waals surface area (Å²) in [5, 5.41) is 0. The van der Waals surface area contributed by atoms with Crippen LogP contribution in [0.1, 0.15) is 18.2 Å². The van der Waals surface area contributed by atoms with Crippen LogP contribution in [-0.2, 0) is 7.05 Å². The van der Waals surface area contributed by atoms with Crippen LogP contribution in [0.3, 0.4) is 0 Å². The van der Waals surface area contributed by atoms with Gasteiger partial charge in [0.05, 0.1) is 28.7 Å². The molecular formula is C21H22IN3O3. The number of rotatable bonds is 6. The van der Waals surface area contributed by atoms with E-state index in [0.29, 0.717) is 23.8 Å². The molecule has 0 N–H and O–H groups in total. The Labute approximate surface area is 177 Å². The lowest BCUT2D eigenvalue weighted by atomic mass is 10.2. The molecule has 28 heavy (non-hydrogen) atoms. The van der Waals surface area contributed by atoms with E-state index in [9.17, 15) is 4.79 Å². The van der Waals surface area contributed by atoms with Crippen LogP contribution < -0.4 is 15.0 Å². The zero-order chi connectivity index (χ0) is 20.3. The number of halogens is 1. The Hall–Kier alpha value is -2.55. The van der Waals surface area contributed by atoms with Gasteiger partial charge in [-0.15, -0.1) is 0 Å². The molecule has 3 rings (SSSR count). The van der Waals surface area contributed by atoms with Crippen molar-refractivity contribution < 1.29 is 9.47 Å². The summed E-state index contributed by atoms with van der Waals surface area (Å²) in [5.74, 6) is 1.35. The van der Waals surface area contributed by atoms with Gasteiger partial charge >= 0.3 is 0 Å². The average Bonchev–Trinajstić information content (AvgIpc) is 2.91. The molecule has 1 aromatic heterocycles. The third-order valence-corrected chi connectivity index (χ3v) is 5.21. The van der Waals surface area contributed by atoms with Crippen LogP contribution in [0.2, 0.25) is 0 Å². The van der Waals surface area contributed by atoms with Crippen molar-refractivity contribution in [2.45, 2.75) is 13.8 Å². The van der Waals surface area contributed by atoms with Crippen molar-refractivity contribution in [1.29, 1.82) is 0 Å². The Bertz CT molecular complexity index is 1070. The quantitative estimate of drug-likeness (QED) is 0.383. The van der Waals surface area contributed by atoms with Crippen LogP contribution >= 0.6 is 22.6 Å². The number of methoxy groups -OCH3 is 1. The number of hydrogen-bond acceptors (Lipinski definition) is 4. The second-order valence-electron chi connectivity index (χ2n) is 6.14. The van der Waals surface area contributed by atoms with Crippen LogP contribution in [0, 0.1) is 10.5 Å². The summed E-state index contributed by atoms with van der Waals surface area (Å²) in [6, 6.07) is 13.3. The van der Waals surface area contributed by atoms with Gasteiger partial charge in [-0.05, 0) is 66.3 Å². The number of benzene rings is 2. The third-order valence-electron chi connectivity index (χ3n) is 4.41. The molecule has 0 radical (unpaired) electrons. The standard InChI is InChI=1S/C21H22IN3O3/c1-5-28-20-17(22)11-15(12-18(20)27-4)13-23-19-14(2)24(3)25(21(19)26)16-9-7-6-8-10-16/h6-13H,5H2,1-4H3. The van der Waals surface area contributed by atoms with Crippen molar-refractivity contribution in [3.05, 3.63) is 67.6 Å². The zero-order valence-corrected chi connectivity index (χ0v) is 18.4. The second kappa shape index (κ2) is 8.64. The molecule has 6 nitrogen and oxygen atoms in total. The van der Waals surface area contributed by atoms with Gasteiger partial charge in [0.25, 0.3) is 5.56 Å². The largest absolute Gasteiger partial charge is 0.493 e. The van der Waals surface area contributed by atoms with Gasteiger partial charge in [0.2, 0.25) is 0 Å². The highest BCUT2D eigenvalue weighted by molar-refractivity contribution is 14.1. The van der Waals surface area contributed by atoms with Gasteiger partial charge in [-0.2, -0.15) is 0 Å². The van der Waals surface area contributed by atoms with Crippen LogP contribution in [0.5, 0.6) is 11.5 Å². The van der Waals surface area contributed by atoms with Gasteiger partial charge < -0.3 is 9.47 Å². The normalized spacial score (nSPS) is 11.2. The average molecular weight is 491 g/mol. The van der Waals surface area contributed by atoms with E-state index in [2.05, 4.69) is 27.6 Å². The molecule has 0 bridgehead atoms. The van der Waals surface area contributed by atoms with E-state index >= 15 is 0 Å². The van der Waals surface area contributed by atoms with E-state index in [0.717, 1.165) is 20.5 Å². The molecular weight excluding hydrogens is 469 g/mol. The van der Waals surface area contributed by atoms with Gasteiger partial charge in [-0.1, -0.05) is 18.2 Å². The van der Waals surface area contributed by atoms with E-state index in [1.807, 2.05) is 68.0 Å². The van der Waals surface area contributed by atoms with E-state index in [1.54, 1.807) is 18.0 Å². The lowest BCUT2D eigenvalue weighted by Crippen LogP contribution is -2.19. The van der Waals surface area contributed by atoms with E-state index in [1.165, 1.54) is 0 Å². The molecule has 0 unspecified atom stereocenters. The summed E-state index contributed by atoms with van der Waals surface area (Å²) in [4.78, 5) is 17.4. The maximum atomic E-state index is 12.9. The van der Waals surface area contributed by atoms with Crippen molar-refractivity contribution in [1.82, 2.24) is 9.36 Å². The van der Waals surface area contributed by atoms with Gasteiger partial charge in [0.1, 0.15) is 0 Å². The molecule has 0 saturated heterocycles. The van der Waals surface area contributed by atoms with E-state index in [4.69, 9.17) is 9.47 Å². The summed E-state index contributed by atoms with van der Waals surface area (Å²) in [7, 11) is 3.46. The maximum Gasteiger partial charge on any atom is 0.297 e. The minimum absolute atomic E-state index is 0.157. The molecule has 2 aromatic carbocycles. The molecule has 0 spiro atoms. The van der Waals surface area contributed by atoms with Gasteiger partial charge in [0, 0.05) is 13.3 Å². The first kappa shape index (κ1) is 20.2. The van der Waals surface area contributed by atoms with Crippen LogP contribution in [0.25, 0.3) is 5.69 Å². The van der Waals surface area contributed by atoms with E-state index < -0.39 is 0 Å². The monoisotopic (exact) mass is 491 g/mol. The number of aromatic nitrogens is 2. The SMILES string of the molecule is CCOc1c(I)cc(C=Nc2c(C)n(C)n(-c3ccccc3)c2=O)cc1OC. The number of aliphatic imine (C=N–C) groups is 1. The summed E-state index contributed by atoms with van der Waals surface area (Å²) in [6.45, 7) is 4.37. The third kappa shape index (κ3) is 3.84. The van der Waals surface area contributed by atoms with Crippen LogP contribution in [0.4, 0.5) is 5.69 Å². The number of ether oxygens (including phenoxy) is 2. The number of para-hydroxylation sites is 1. The van der Waals surface area contributed by atoms with Gasteiger partial charge in [-0.25, -0.2) is 9.67 Å². The first-order valence-electron chi connectivity index (χ1n) is 8.86. The highest BCUT2D eigenvalue weighted by atomic mass is 127. The molecule has 0 aliphatic carbocycles. The highest BCUT2D eigenvalue weighted by Crippen LogP contribution is 2.33. The topological polar surface area (TPSA) is 57.8 Å². The lowest BCUT2D eigenvalue weighted by molar-refractivity contribution is 0.308. The molecule has 0 aliphatic rings. The lowest BCUT2D eigenvalue weighted by Gasteiger charge is -2.11. The molecule has 0 aliphatic heterocycles. The Morgan fingerprint density at radius 2 is 1.93 bits per heavy atom. The molecule has 0 fully saturated rings. The summed E-state index contributed by atoms with van der Waals surface area (Å²) >= 11 is 2.21. The predicted octanol–water partition coefficient (Wildman–Crippen LogP) is 4.25. The fourth-order valence-electron chi connectivity index (χ4n) is 2.94. The maximum absolute atomic E-state index is 12.9. The van der Waals surface area contributed by atoms with E-state index in [-0.39, 0.29) is 5.56 Å². The first-order chi connectivity index (χ1) is 13.5. The van der Waals surface area contributed by atoms with Crippen LogP contribution in [-0.4, -0.2) is 29.3 Å². The van der Waals surface area contributed by atoms with Crippen molar-refractivity contribution >= 4 is 34.5 Å². The Morgan fingerprint density at radius 3 is 2.57 bits per heavy atom. The summed E-state index contributed by atoms with van der Waals surface area (Å²) in [5.41, 5.74) is 2.68. The number of nitrogens with zero attached hydrogens (tertiary/aromatic N) is 3.